The smallest absolute Gasteiger partial charge is 0.257 e. The van der Waals surface area contributed by atoms with Gasteiger partial charge in [-0.05, 0) is 55.0 Å². The van der Waals surface area contributed by atoms with Crippen LogP contribution in [0, 0.1) is 11.7 Å². The van der Waals surface area contributed by atoms with Gasteiger partial charge in [-0.3, -0.25) is 9.59 Å². The van der Waals surface area contributed by atoms with Gasteiger partial charge in [0.05, 0.1) is 19.8 Å². The Balaban J connectivity index is 1.45. The number of carbonyl (C=O) groups is 2. The van der Waals surface area contributed by atoms with E-state index in [1.807, 2.05) is 15.9 Å². The number of ether oxygens (including phenoxy) is 2. The Morgan fingerprint density at radius 1 is 1.12 bits per heavy atom. The number of methoxy groups -OCH3 is 2. The Morgan fingerprint density at radius 2 is 1.94 bits per heavy atom. The molecule has 170 valence electrons. The Kier molecular flexibility index (Phi) is 6.63. The first kappa shape index (κ1) is 22.1. The summed E-state index contributed by atoms with van der Waals surface area (Å²) in [5.74, 6) is 1.01. The number of hydrogen-bond acceptors (Lipinski definition) is 4. The van der Waals surface area contributed by atoms with Gasteiger partial charge in [0.1, 0.15) is 5.82 Å². The van der Waals surface area contributed by atoms with E-state index in [1.54, 1.807) is 31.4 Å². The number of nitrogens with zero attached hydrogens (tertiary/aromatic N) is 2. The first-order valence-corrected chi connectivity index (χ1v) is 11.1. The second-order valence-corrected chi connectivity index (χ2v) is 8.41. The largest absolute Gasteiger partial charge is 0.493 e. The van der Waals surface area contributed by atoms with Gasteiger partial charge in [-0.2, -0.15) is 0 Å². The van der Waals surface area contributed by atoms with Crippen molar-refractivity contribution in [1.82, 2.24) is 9.80 Å². The molecule has 32 heavy (non-hydrogen) atoms. The van der Waals surface area contributed by atoms with Crippen LogP contribution in [-0.4, -0.2) is 61.5 Å². The van der Waals surface area contributed by atoms with E-state index in [-0.39, 0.29) is 29.6 Å². The maximum Gasteiger partial charge on any atom is 0.257 e. The number of carbonyl (C=O) groups excluding carboxylic acids is 2. The molecule has 7 heteroatoms. The number of para-hydroxylation sites is 1. The topological polar surface area (TPSA) is 59.1 Å². The predicted molar refractivity (Wildman–Crippen MR) is 118 cm³/mol. The van der Waals surface area contributed by atoms with Crippen molar-refractivity contribution in [2.24, 2.45) is 5.92 Å². The lowest BCUT2D eigenvalue weighted by Gasteiger charge is -2.47. The summed E-state index contributed by atoms with van der Waals surface area (Å²) in [5.41, 5.74) is 1.37. The Bertz CT molecular complexity index is 996. The van der Waals surface area contributed by atoms with Crippen molar-refractivity contribution >= 4 is 11.8 Å². The van der Waals surface area contributed by atoms with E-state index in [1.165, 1.54) is 19.2 Å². The van der Waals surface area contributed by atoms with Crippen molar-refractivity contribution in [3.8, 4) is 11.5 Å². The van der Waals surface area contributed by atoms with Crippen LogP contribution < -0.4 is 9.47 Å². The van der Waals surface area contributed by atoms with Crippen molar-refractivity contribution in [3.63, 3.8) is 0 Å². The molecule has 0 unspecified atom stereocenters. The number of halogens is 1. The van der Waals surface area contributed by atoms with Crippen LogP contribution in [0.4, 0.5) is 4.39 Å². The number of benzene rings is 2. The molecule has 2 atom stereocenters. The van der Waals surface area contributed by atoms with Gasteiger partial charge in [-0.15, -0.1) is 0 Å². The van der Waals surface area contributed by atoms with E-state index in [4.69, 9.17) is 9.47 Å². The number of fused-ring (bicyclic) bond motifs is 1. The van der Waals surface area contributed by atoms with Crippen molar-refractivity contribution in [2.75, 3.05) is 33.9 Å². The Hall–Kier alpha value is -3.09. The third-order valence-electron chi connectivity index (χ3n) is 6.59. The lowest BCUT2D eigenvalue weighted by Crippen LogP contribution is -2.57. The molecule has 0 bridgehead atoms. The van der Waals surface area contributed by atoms with Crippen LogP contribution in [-0.2, 0) is 11.2 Å². The molecule has 2 saturated heterocycles. The number of rotatable bonds is 6. The van der Waals surface area contributed by atoms with E-state index in [2.05, 4.69) is 0 Å². The monoisotopic (exact) mass is 440 g/mol. The van der Waals surface area contributed by atoms with Gasteiger partial charge in [0, 0.05) is 32.1 Å². The number of likely N-dealkylation sites (tertiary alicyclic amines) is 2. The van der Waals surface area contributed by atoms with E-state index in [9.17, 15) is 14.0 Å². The molecule has 6 nitrogen and oxygen atoms in total. The van der Waals surface area contributed by atoms with Crippen molar-refractivity contribution in [3.05, 3.63) is 59.4 Å². The molecule has 0 spiro atoms. The van der Waals surface area contributed by atoms with Gasteiger partial charge in [-0.25, -0.2) is 4.39 Å². The van der Waals surface area contributed by atoms with Crippen LogP contribution >= 0.6 is 0 Å². The van der Waals surface area contributed by atoms with Crippen LogP contribution in [0.2, 0.25) is 0 Å². The molecular formula is C25H29FN2O4. The fourth-order valence-electron chi connectivity index (χ4n) is 4.99. The molecule has 2 aromatic rings. The zero-order chi connectivity index (χ0) is 22.7. The second kappa shape index (κ2) is 9.59. The van der Waals surface area contributed by atoms with Gasteiger partial charge >= 0.3 is 0 Å². The summed E-state index contributed by atoms with van der Waals surface area (Å²) in [4.78, 5) is 29.8. The molecule has 0 saturated carbocycles. The Morgan fingerprint density at radius 3 is 2.69 bits per heavy atom. The zero-order valence-corrected chi connectivity index (χ0v) is 18.6. The van der Waals surface area contributed by atoms with E-state index >= 15 is 0 Å². The number of hydrogen-bond donors (Lipinski definition) is 0. The molecule has 0 aliphatic carbocycles. The fourth-order valence-corrected chi connectivity index (χ4v) is 4.99. The quantitative estimate of drug-likeness (QED) is 0.690. The lowest BCUT2D eigenvalue weighted by molar-refractivity contribution is -0.140. The van der Waals surface area contributed by atoms with Crippen LogP contribution in [0.5, 0.6) is 11.5 Å². The highest BCUT2D eigenvalue weighted by atomic mass is 19.1. The molecule has 0 aromatic heterocycles. The third kappa shape index (κ3) is 4.42. The van der Waals surface area contributed by atoms with Crippen LogP contribution in [0.1, 0.15) is 35.2 Å². The summed E-state index contributed by atoms with van der Waals surface area (Å²) in [6.07, 6.45) is 2.61. The normalized spacial score (nSPS) is 20.7. The van der Waals surface area contributed by atoms with Crippen LogP contribution in [0.15, 0.2) is 42.5 Å². The van der Waals surface area contributed by atoms with E-state index in [0.717, 1.165) is 18.4 Å². The molecule has 2 aliphatic heterocycles. The summed E-state index contributed by atoms with van der Waals surface area (Å²) >= 11 is 0. The second-order valence-electron chi connectivity index (χ2n) is 8.41. The van der Waals surface area contributed by atoms with Gasteiger partial charge in [-0.1, -0.05) is 18.2 Å². The lowest BCUT2D eigenvalue weighted by atomic mass is 9.83. The number of piperidine rings is 2. The molecule has 2 aliphatic rings. The molecule has 2 fully saturated rings. The zero-order valence-electron chi connectivity index (χ0n) is 18.6. The summed E-state index contributed by atoms with van der Waals surface area (Å²) in [6.45, 7) is 1.75. The Labute approximate surface area is 187 Å². The summed E-state index contributed by atoms with van der Waals surface area (Å²) < 4.78 is 24.3. The summed E-state index contributed by atoms with van der Waals surface area (Å²) in [6, 6.07) is 12.0. The SMILES string of the molecule is COc1cccc(C(=O)N2CC[C@H]3[C@H](CCC(=O)N3CCc3cccc(F)c3)C2)c1OC. The minimum Gasteiger partial charge on any atom is -0.493 e. The van der Waals surface area contributed by atoms with Crippen molar-refractivity contribution in [2.45, 2.75) is 31.7 Å². The molecule has 2 heterocycles. The molecule has 2 amide bonds. The highest BCUT2D eigenvalue weighted by molar-refractivity contribution is 5.98. The minimum atomic E-state index is -0.259. The van der Waals surface area contributed by atoms with Crippen LogP contribution in [0.25, 0.3) is 0 Å². The third-order valence-corrected chi connectivity index (χ3v) is 6.59. The van der Waals surface area contributed by atoms with E-state index < -0.39 is 0 Å². The standard InChI is InChI=1S/C25H29FN2O4/c1-31-22-8-4-7-20(24(22)32-2)25(30)27-13-12-21-18(16-27)9-10-23(29)28(21)14-11-17-5-3-6-19(26)15-17/h3-8,15,18,21H,9-14,16H2,1-2H3/t18-,21+/m1/s1. The first-order chi connectivity index (χ1) is 15.5. The fraction of sp³-hybridized carbons (Fsp3) is 0.440. The van der Waals surface area contributed by atoms with E-state index in [0.29, 0.717) is 49.5 Å². The van der Waals surface area contributed by atoms with Gasteiger partial charge in [0.15, 0.2) is 11.5 Å². The maximum atomic E-state index is 13.5. The summed E-state index contributed by atoms with van der Waals surface area (Å²) in [5, 5.41) is 0. The molecule has 0 radical (unpaired) electrons. The van der Waals surface area contributed by atoms with Crippen molar-refractivity contribution < 1.29 is 23.5 Å². The predicted octanol–water partition coefficient (Wildman–Crippen LogP) is 3.54. The highest BCUT2D eigenvalue weighted by Gasteiger charge is 2.40. The van der Waals surface area contributed by atoms with Gasteiger partial charge in [0.25, 0.3) is 5.91 Å². The molecular weight excluding hydrogens is 411 g/mol. The summed E-state index contributed by atoms with van der Waals surface area (Å²) in [7, 11) is 3.08. The maximum absolute atomic E-state index is 13.5. The minimum absolute atomic E-state index is 0.0811. The average molecular weight is 441 g/mol. The first-order valence-electron chi connectivity index (χ1n) is 11.1. The molecule has 0 N–H and O–H groups in total. The van der Waals surface area contributed by atoms with Crippen molar-refractivity contribution in [1.29, 1.82) is 0 Å². The van der Waals surface area contributed by atoms with Gasteiger partial charge in [0.2, 0.25) is 5.91 Å². The average Bonchev–Trinajstić information content (AvgIpc) is 2.82. The molecule has 4 rings (SSSR count). The molecule has 2 aromatic carbocycles. The van der Waals surface area contributed by atoms with Gasteiger partial charge < -0.3 is 19.3 Å². The highest BCUT2D eigenvalue weighted by Crippen LogP contribution is 2.35. The number of amides is 2. The van der Waals surface area contributed by atoms with Crippen LogP contribution in [0.3, 0.4) is 0 Å².